The van der Waals surface area contributed by atoms with Crippen LogP contribution in [0.5, 0.6) is 5.75 Å². The van der Waals surface area contributed by atoms with Crippen LogP contribution in [0.3, 0.4) is 0 Å². The largest absolute Gasteiger partial charge is 0.505 e. The summed E-state index contributed by atoms with van der Waals surface area (Å²) in [5.74, 6) is -0.524. The summed E-state index contributed by atoms with van der Waals surface area (Å²) in [6.45, 7) is 1.66. The number of rotatable bonds is 4. The van der Waals surface area contributed by atoms with E-state index in [1.165, 1.54) is 6.20 Å². The molecule has 106 valence electrons. The minimum atomic E-state index is -3.87. The summed E-state index contributed by atoms with van der Waals surface area (Å²) in [6.07, 6.45) is 1.20. The van der Waals surface area contributed by atoms with Crippen molar-refractivity contribution in [1.82, 2.24) is 4.98 Å². The number of nitrogens with zero attached hydrogens (tertiary/aromatic N) is 2. The molecule has 2 N–H and O–H groups in total. The second-order valence-electron chi connectivity index (χ2n) is 3.76. The molecule has 0 unspecified atom stereocenters. The molecule has 0 aliphatic heterocycles. The maximum Gasteiger partial charge on any atom is 0.273 e. The molecule has 0 saturated heterocycles. The average Bonchev–Trinajstić information content (AvgIpc) is 2.79. The van der Waals surface area contributed by atoms with Crippen LogP contribution in [0.4, 0.5) is 11.4 Å². The summed E-state index contributed by atoms with van der Waals surface area (Å²) < 4.78 is 26.1. The molecule has 1 aromatic heterocycles. The van der Waals surface area contributed by atoms with Crippen molar-refractivity contribution in [1.29, 1.82) is 0 Å². The molecule has 0 fully saturated rings. The zero-order valence-electron chi connectivity index (χ0n) is 10.1. The molecular weight excluding hydrogens is 306 g/mol. The number of hydrogen-bond donors (Lipinski definition) is 2. The Hall–Kier alpha value is -2.20. The van der Waals surface area contributed by atoms with Gasteiger partial charge in [-0.2, -0.15) is 0 Å². The number of non-ortho nitro benzene ring substituents is 1. The van der Waals surface area contributed by atoms with Crippen LogP contribution in [-0.4, -0.2) is 23.4 Å². The molecule has 0 bridgehead atoms. The lowest BCUT2D eigenvalue weighted by Gasteiger charge is -2.07. The molecule has 2 aromatic rings. The van der Waals surface area contributed by atoms with Gasteiger partial charge < -0.3 is 5.11 Å². The minimum Gasteiger partial charge on any atom is -0.505 e. The number of benzene rings is 1. The van der Waals surface area contributed by atoms with Crippen molar-refractivity contribution in [2.45, 2.75) is 11.1 Å². The van der Waals surface area contributed by atoms with E-state index in [-0.39, 0.29) is 15.6 Å². The van der Waals surface area contributed by atoms with Gasteiger partial charge in [-0.1, -0.05) is 0 Å². The third-order valence-electron chi connectivity index (χ3n) is 2.30. The number of aromatic nitrogens is 1. The summed E-state index contributed by atoms with van der Waals surface area (Å²) in [5, 5.41) is 20.7. The highest BCUT2D eigenvalue weighted by molar-refractivity contribution is 7.94. The molecular formula is C10H9N3O5S2. The molecule has 1 aromatic carbocycles. The molecule has 0 amide bonds. The quantitative estimate of drug-likeness (QED) is 0.504. The zero-order chi connectivity index (χ0) is 14.9. The van der Waals surface area contributed by atoms with E-state index in [0.717, 1.165) is 29.5 Å². The van der Waals surface area contributed by atoms with E-state index in [0.29, 0.717) is 5.01 Å². The van der Waals surface area contributed by atoms with E-state index < -0.39 is 20.7 Å². The Morgan fingerprint density at radius 1 is 1.45 bits per heavy atom. The molecule has 10 heteroatoms. The van der Waals surface area contributed by atoms with Crippen LogP contribution in [0, 0.1) is 17.0 Å². The Bertz CT molecular complexity index is 769. The fourth-order valence-corrected chi connectivity index (χ4v) is 3.56. The Morgan fingerprint density at radius 2 is 2.15 bits per heavy atom. The van der Waals surface area contributed by atoms with E-state index >= 15 is 0 Å². The van der Waals surface area contributed by atoms with E-state index in [1.807, 2.05) is 0 Å². The first-order chi connectivity index (χ1) is 9.29. The SMILES string of the molecule is Cc1ncc(S(=O)(=O)Nc2ccc([N+](=O)[O-])cc2O)s1. The highest BCUT2D eigenvalue weighted by atomic mass is 32.2. The minimum absolute atomic E-state index is 0.00671. The summed E-state index contributed by atoms with van der Waals surface area (Å²) in [4.78, 5) is 13.7. The van der Waals surface area contributed by atoms with Gasteiger partial charge in [-0.05, 0) is 13.0 Å². The lowest BCUT2D eigenvalue weighted by molar-refractivity contribution is -0.384. The first-order valence-corrected chi connectivity index (χ1v) is 7.52. The van der Waals surface area contributed by atoms with Gasteiger partial charge in [0.2, 0.25) is 0 Å². The summed E-state index contributed by atoms with van der Waals surface area (Å²) in [5.41, 5.74) is -0.472. The van der Waals surface area contributed by atoms with Gasteiger partial charge in [0.1, 0.15) is 5.75 Å². The first kappa shape index (κ1) is 14.2. The van der Waals surface area contributed by atoms with Crippen molar-refractivity contribution < 1.29 is 18.4 Å². The number of anilines is 1. The van der Waals surface area contributed by atoms with Crippen LogP contribution in [0.25, 0.3) is 0 Å². The maximum atomic E-state index is 12.0. The average molecular weight is 315 g/mol. The molecule has 2 rings (SSSR count). The Morgan fingerprint density at radius 3 is 2.65 bits per heavy atom. The van der Waals surface area contributed by atoms with Crippen molar-refractivity contribution in [3.63, 3.8) is 0 Å². The maximum absolute atomic E-state index is 12.0. The predicted molar refractivity (Wildman–Crippen MR) is 72.4 cm³/mol. The van der Waals surface area contributed by atoms with E-state index in [4.69, 9.17) is 0 Å². The molecule has 0 aliphatic rings. The number of aryl methyl sites for hydroxylation is 1. The number of hydrogen-bond acceptors (Lipinski definition) is 7. The first-order valence-electron chi connectivity index (χ1n) is 5.22. The third kappa shape index (κ3) is 2.86. The lowest BCUT2D eigenvalue weighted by Crippen LogP contribution is -2.11. The number of thiazole rings is 1. The normalized spacial score (nSPS) is 11.2. The molecule has 8 nitrogen and oxygen atoms in total. The second kappa shape index (κ2) is 5.06. The number of nitrogens with one attached hydrogen (secondary N) is 1. The fraction of sp³-hybridized carbons (Fsp3) is 0.100. The summed E-state index contributed by atoms with van der Waals surface area (Å²) >= 11 is 0.976. The number of sulfonamides is 1. The highest BCUT2D eigenvalue weighted by Crippen LogP contribution is 2.30. The van der Waals surface area contributed by atoms with E-state index in [1.54, 1.807) is 6.92 Å². The molecule has 0 radical (unpaired) electrons. The van der Waals surface area contributed by atoms with Gasteiger partial charge in [-0.3, -0.25) is 14.8 Å². The number of phenolic OH excluding ortho intramolecular Hbond substituents is 1. The predicted octanol–water partition coefficient (Wildman–Crippen LogP) is 1.87. The lowest BCUT2D eigenvalue weighted by atomic mass is 10.3. The summed E-state index contributed by atoms with van der Waals surface area (Å²) in [7, 11) is -3.87. The number of phenols is 1. The smallest absolute Gasteiger partial charge is 0.273 e. The van der Waals surface area contributed by atoms with Gasteiger partial charge in [0.15, 0.2) is 4.21 Å². The van der Waals surface area contributed by atoms with Crippen molar-refractivity contribution in [3.05, 3.63) is 39.5 Å². The molecule has 0 saturated carbocycles. The third-order valence-corrected chi connectivity index (χ3v) is 5.04. The van der Waals surface area contributed by atoms with Crippen LogP contribution in [0.1, 0.15) is 5.01 Å². The highest BCUT2D eigenvalue weighted by Gasteiger charge is 2.20. The van der Waals surface area contributed by atoms with Gasteiger partial charge in [-0.25, -0.2) is 13.4 Å². The topological polar surface area (TPSA) is 122 Å². The van der Waals surface area contributed by atoms with Gasteiger partial charge in [0.25, 0.3) is 15.7 Å². The van der Waals surface area contributed by atoms with Crippen LogP contribution in [0.15, 0.2) is 28.6 Å². The molecule has 0 aliphatic carbocycles. The monoisotopic (exact) mass is 315 g/mol. The Kier molecular flexibility index (Phi) is 3.59. The molecule has 1 heterocycles. The van der Waals surface area contributed by atoms with Gasteiger partial charge in [-0.15, -0.1) is 11.3 Å². The molecule has 0 spiro atoms. The summed E-state index contributed by atoms with van der Waals surface area (Å²) in [6, 6.07) is 3.09. The van der Waals surface area contributed by atoms with E-state index in [9.17, 15) is 23.6 Å². The van der Waals surface area contributed by atoms with Gasteiger partial charge in [0, 0.05) is 6.07 Å². The second-order valence-corrected chi connectivity index (χ2v) is 6.91. The Balaban J connectivity index is 2.32. The number of aromatic hydroxyl groups is 1. The van der Waals surface area contributed by atoms with Crippen LogP contribution < -0.4 is 4.72 Å². The zero-order valence-corrected chi connectivity index (χ0v) is 11.7. The van der Waals surface area contributed by atoms with Crippen LogP contribution in [-0.2, 0) is 10.0 Å². The van der Waals surface area contributed by atoms with Crippen molar-refractivity contribution in [3.8, 4) is 5.75 Å². The molecule has 0 atom stereocenters. The standard InChI is InChI=1S/C10H9N3O5S2/c1-6-11-5-10(19-6)20(17,18)12-8-3-2-7(13(15)16)4-9(8)14/h2-5,12,14H,1H3. The van der Waals surface area contributed by atoms with Crippen molar-refractivity contribution in [2.24, 2.45) is 0 Å². The van der Waals surface area contributed by atoms with Crippen molar-refractivity contribution >= 4 is 32.7 Å². The van der Waals surface area contributed by atoms with Crippen LogP contribution >= 0.6 is 11.3 Å². The number of nitro benzene ring substituents is 1. The molecule has 20 heavy (non-hydrogen) atoms. The van der Waals surface area contributed by atoms with E-state index in [2.05, 4.69) is 9.71 Å². The number of nitro groups is 1. The van der Waals surface area contributed by atoms with Gasteiger partial charge >= 0.3 is 0 Å². The van der Waals surface area contributed by atoms with Crippen LogP contribution in [0.2, 0.25) is 0 Å². The fourth-order valence-electron chi connectivity index (χ4n) is 1.38. The van der Waals surface area contributed by atoms with Crippen molar-refractivity contribution in [2.75, 3.05) is 4.72 Å². The van der Waals surface area contributed by atoms with Gasteiger partial charge in [0.05, 0.1) is 27.9 Å². The Labute approximate surface area is 117 Å².